The smallest absolute Gasteiger partial charge is 0.255 e. The molecule has 0 fully saturated rings. The van der Waals surface area contributed by atoms with Crippen LogP contribution in [0.4, 0.5) is 0 Å². The SMILES string of the molecule is Cc1cscc1C(=O)N(C)Cc1cnn(C)c1C. The Morgan fingerprint density at radius 1 is 1.44 bits per heavy atom. The molecule has 0 aromatic carbocycles. The Hall–Kier alpha value is -1.62. The van der Waals surface area contributed by atoms with Gasteiger partial charge in [0.2, 0.25) is 0 Å². The van der Waals surface area contributed by atoms with Crippen molar-refractivity contribution in [3.8, 4) is 0 Å². The van der Waals surface area contributed by atoms with Crippen molar-refractivity contribution in [3.05, 3.63) is 39.3 Å². The van der Waals surface area contributed by atoms with Gasteiger partial charge >= 0.3 is 0 Å². The molecular weight excluding hydrogens is 246 g/mol. The average Bonchev–Trinajstić information content (AvgIpc) is 2.89. The first-order valence-corrected chi connectivity index (χ1v) is 6.70. The minimum absolute atomic E-state index is 0.0667. The fourth-order valence-electron chi connectivity index (χ4n) is 1.81. The van der Waals surface area contributed by atoms with Crippen molar-refractivity contribution in [2.75, 3.05) is 7.05 Å². The van der Waals surface area contributed by atoms with Crippen molar-refractivity contribution in [1.29, 1.82) is 0 Å². The summed E-state index contributed by atoms with van der Waals surface area (Å²) < 4.78 is 1.82. The van der Waals surface area contributed by atoms with Gasteiger partial charge in [-0.2, -0.15) is 16.4 Å². The summed E-state index contributed by atoms with van der Waals surface area (Å²) in [6, 6.07) is 0. The Morgan fingerprint density at radius 3 is 2.67 bits per heavy atom. The van der Waals surface area contributed by atoms with Crippen LogP contribution in [0.2, 0.25) is 0 Å². The predicted molar refractivity (Wildman–Crippen MR) is 72.8 cm³/mol. The zero-order valence-electron chi connectivity index (χ0n) is 11.1. The normalized spacial score (nSPS) is 10.7. The third-order valence-corrected chi connectivity index (χ3v) is 4.04. The largest absolute Gasteiger partial charge is 0.337 e. The van der Waals surface area contributed by atoms with Gasteiger partial charge in [-0.25, -0.2) is 0 Å². The van der Waals surface area contributed by atoms with Gasteiger partial charge in [0.05, 0.1) is 11.8 Å². The van der Waals surface area contributed by atoms with E-state index in [9.17, 15) is 4.79 Å². The van der Waals surface area contributed by atoms with E-state index in [4.69, 9.17) is 0 Å². The molecule has 0 spiro atoms. The number of carbonyl (C=O) groups is 1. The van der Waals surface area contributed by atoms with Crippen molar-refractivity contribution < 1.29 is 4.79 Å². The summed E-state index contributed by atoms with van der Waals surface area (Å²) >= 11 is 1.56. The number of carbonyl (C=O) groups excluding carboxylic acids is 1. The van der Waals surface area contributed by atoms with Gasteiger partial charge in [-0.1, -0.05) is 0 Å². The zero-order chi connectivity index (χ0) is 13.3. The lowest BCUT2D eigenvalue weighted by atomic mass is 10.2. The Kier molecular flexibility index (Phi) is 3.52. The number of hydrogen-bond acceptors (Lipinski definition) is 3. The van der Waals surface area contributed by atoms with Crippen molar-refractivity contribution in [3.63, 3.8) is 0 Å². The van der Waals surface area contributed by atoms with Crippen LogP contribution < -0.4 is 0 Å². The first-order valence-electron chi connectivity index (χ1n) is 5.76. The van der Waals surface area contributed by atoms with E-state index >= 15 is 0 Å². The minimum Gasteiger partial charge on any atom is -0.337 e. The fraction of sp³-hybridized carbons (Fsp3) is 0.385. The van der Waals surface area contributed by atoms with Crippen LogP contribution in [0.3, 0.4) is 0 Å². The van der Waals surface area contributed by atoms with E-state index in [1.54, 1.807) is 16.2 Å². The summed E-state index contributed by atoms with van der Waals surface area (Å²) in [6.07, 6.45) is 1.82. The molecule has 5 heteroatoms. The molecule has 0 aliphatic rings. The highest BCUT2D eigenvalue weighted by atomic mass is 32.1. The Labute approximate surface area is 111 Å². The molecule has 2 aromatic rings. The second kappa shape index (κ2) is 4.94. The summed E-state index contributed by atoms with van der Waals surface area (Å²) in [5.74, 6) is 0.0667. The molecule has 0 atom stereocenters. The van der Waals surface area contributed by atoms with Crippen molar-refractivity contribution in [2.45, 2.75) is 20.4 Å². The van der Waals surface area contributed by atoms with Crippen molar-refractivity contribution in [1.82, 2.24) is 14.7 Å². The number of nitrogens with zero attached hydrogens (tertiary/aromatic N) is 3. The topological polar surface area (TPSA) is 38.1 Å². The number of aryl methyl sites for hydroxylation is 2. The van der Waals surface area contributed by atoms with Crippen molar-refractivity contribution >= 4 is 17.2 Å². The highest BCUT2D eigenvalue weighted by Gasteiger charge is 2.16. The molecule has 4 nitrogen and oxygen atoms in total. The first kappa shape index (κ1) is 12.8. The van der Waals surface area contributed by atoms with Gasteiger partial charge in [0.1, 0.15) is 0 Å². The predicted octanol–water partition coefficient (Wildman–Crippen LogP) is 2.37. The first-order chi connectivity index (χ1) is 8.50. The Balaban J connectivity index is 2.13. The molecule has 0 aliphatic carbocycles. The molecule has 0 aliphatic heterocycles. The average molecular weight is 263 g/mol. The van der Waals surface area contributed by atoms with E-state index in [1.807, 2.05) is 49.6 Å². The second-order valence-electron chi connectivity index (χ2n) is 4.51. The number of amides is 1. The fourth-order valence-corrected chi connectivity index (χ4v) is 2.63. The summed E-state index contributed by atoms with van der Waals surface area (Å²) in [5.41, 5.74) is 4.02. The molecule has 0 N–H and O–H groups in total. The van der Waals surface area contributed by atoms with Crippen LogP contribution in [-0.4, -0.2) is 27.6 Å². The molecule has 1 amide bonds. The van der Waals surface area contributed by atoms with Crippen LogP contribution in [0.5, 0.6) is 0 Å². The highest BCUT2D eigenvalue weighted by molar-refractivity contribution is 7.08. The van der Waals surface area contributed by atoms with Crippen LogP contribution in [0.1, 0.15) is 27.2 Å². The van der Waals surface area contributed by atoms with Crippen LogP contribution in [-0.2, 0) is 13.6 Å². The highest BCUT2D eigenvalue weighted by Crippen LogP contribution is 2.17. The van der Waals surface area contributed by atoms with Gasteiger partial charge < -0.3 is 4.90 Å². The molecule has 0 radical (unpaired) electrons. The summed E-state index contributed by atoms with van der Waals surface area (Å²) in [5, 5.41) is 8.09. The maximum absolute atomic E-state index is 12.3. The molecule has 0 saturated heterocycles. The van der Waals surface area contributed by atoms with Crippen LogP contribution in [0, 0.1) is 13.8 Å². The van der Waals surface area contributed by atoms with Crippen LogP contribution in [0.25, 0.3) is 0 Å². The van der Waals surface area contributed by atoms with Gasteiger partial charge in [0.25, 0.3) is 5.91 Å². The third-order valence-electron chi connectivity index (χ3n) is 3.18. The monoisotopic (exact) mass is 263 g/mol. The summed E-state index contributed by atoms with van der Waals surface area (Å²) in [6.45, 7) is 4.57. The maximum atomic E-state index is 12.3. The zero-order valence-corrected chi connectivity index (χ0v) is 11.9. The number of hydrogen-bond donors (Lipinski definition) is 0. The molecule has 0 bridgehead atoms. The van der Waals surface area contributed by atoms with E-state index in [0.717, 1.165) is 22.4 Å². The minimum atomic E-state index is 0.0667. The van der Waals surface area contributed by atoms with E-state index in [-0.39, 0.29) is 5.91 Å². The lowest BCUT2D eigenvalue weighted by Crippen LogP contribution is -2.26. The molecular formula is C13H17N3OS. The van der Waals surface area contributed by atoms with E-state index in [1.165, 1.54) is 0 Å². The van der Waals surface area contributed by atoms with Gasteiger partial charge in [-0.05, 0) is 24.8 Å². The molecule has 96 valence electrons. The van der Waals surface area contributed by atoms with Gasteiger partial charge in [-0.3, -0.25) is 9.48 Å². The van der Waals surface area contributed by atoms with Gasteiger partial charge in [0, 0.05) is 37.3 Å². The van der Waals surface area contributed by atoms with E-state index in [0.29, 0.717) is 6.54 Å². The lowest BCUT2D eigenvalue weighted by Gasteiger charge is -2.16. The summed E-state index contributed by atoms with van der Waals surface area (Å²) in [4.78, 5) is 14.0. The van der Waals surface area contributed by atoms with Crippen LogP contribution in [0.15, 0.2) is 17.0 Å². The molecule has 2 aromatic heterocycles. The quantitative estimate of drug-likeness (QED) is 0.852. The van der Waals surface area contributed by atoms with Gasteiger partial charge in [0.15, 0.2) is 0 Å². The number of rotatable bonds is 3. The molecule has 18 heavy (non-hydrogen) atoms. The number of aromatic nitrogens is 2. The van der Waals surface area contributed by atoms with Gasteiger partial charge in [-0.15, -0.1) is 0 Å². The standard InChI is InChI=1S/C13H17N3OS/c1-9-7-18-8-12(9)13(17)15(3)6-11-5-14-16(4)10(11)2/h5,7-8H,6H2,1-4H3. The maximum Gasteiger partial charge on any atom is 0.255 e. The molecule has 0 unspecified atom stereocenters. The lowest BCUT2D eigenvalue weighted by molar-refractivity contribution is 0.0785. The van der Waals surface area contributed by atoms with Crippen molar-refractivity contribution in [2.24, 2.45) is 7.05 Å². The van der Waals surface area contributed by atoms with Crippen LogP contribution >= 0.6 is 11.3 Å². The van der Waals surface area contributed by atoms with E-state index in [2.05, 4.69) is 5.10 Å². The molecule has 2 rings (SSSR count). The molecule has 0 saturated carbocycles. The summed E-state index contributed by atoms with van der Waals surface area (Å²) in [7, 11) is 3.73. The van der Waals surface area contributed by atoms with E-state index < -0.39 is 0 Å². The Morgan fingerprint density at radius 2 is 2.17 bits per heavy atom. The number of thiophene rings is 1. The third kappa shape index (κ3) is 2.31. The molecule has 2 heterocycles. The second-order valence-corrected chi connectivity index (χ2v) is 5.25. The Bertz CT molecular complexity index is 571.